The number of hydrogen-bond donors (Lipinski definition) is 1. The lowest BCUT2D eigenvalue weighted by molar-refractivity contribution is -0.142. The van der Waals surface area contributed by atoms with Gasteiger partial charge in [-0.05, 0) is 6.42 Å². The summed E-state index contributed by atoms with van der Waals surface area (Å²) in [5.74, 6) is -0.800. The van der Waals surface area contributed by atoms with Gasteiger partial charge in [-0.2, -0.15) is 0 Å². The molecule has 1 saturated heterocycles. The van der Waals surface area contributed by atoms with Crippen molar-refractivity contribution in [2.75, 3.05) is 6.61 Å². The Bertz CT molecular complexity index is 422. The number of Topliss-reactive ketones (excluding diaryl/α,β-unsaturated/α-hetero) is 1. The van der Waals surface area contributed by atoms with Crippen LogP contribution in [-0.4, -0.2) is 30.3 Å². The third kappa shape index (κ3) is 11.3. The molecule has 150 valence electrons. The van der Waals surface area contributed by atoms with Gasteiger partial charge in [-0.3, -0.25) is 9.59 Å². The van der Waals surface area contributed by atoms with Gasteiger partial charge >= 0.3 is 5.97 Å². The molecule has 0 saturated carbocycles. The van der Waals surface area contributed by atoms with Gasteiger partial charge in [0.15, 0.2) is 0 Å². The summed E-state index contributed by atoms with van der Waals surface area (Å²) >= 11 is 0. The van der Waals surface area contributed by atoms with Crippen LogP contribution in [0.4, 0.5) is 0 Å². The SMILES string of the molecule is CCCCCCCCCCCCCCC(=O)CC(=O)N[C@H]1CCOC1=O. The first-order valence-corrected chi connectivity index (χ1v) is 10.6. The molecule has 0 aromatic rings. The molecule has 1 N–H and O–H groups in total. The van der Waals surface area contributed by atoms with Crippen molar-refractivity contribution in [3.63, 3.8) is 0 Å². The second-order valence-electron chi connectivity index (χ2n) is 7.43. The summed E-state index contributed by atoms with van der Waals surface area (Å²) in [6.07, 6.45) is 15.9. The highest BCUT2D eigenvalue weighted by Crippen LogP contribution is 2.13. The fourth-order valence-corrected chi connectivity index (χ4v) is 3.30. The zero-order valence-corrected chi connectivity index (χ0v) is 16.5. The fraction of sp³-hybridized carbons (Fsp3) is 0.857. The van der Waals surface area contributed by atoms with Crippen LogP contribution in [0.15, 0.2) is 0 Å². The quantitative estimate of drug-likeness (QED) is 0.248. The van der Waals surface area contributed by atoms with Gasteiger partial charge < -0.3 is 10.1 Å². The van der Waals surface area contributed by atoms with Crippen LogP contribution in [0.3, 0.4) is 0 Å². The molecule has 1 aliphatic rings. The summed E-state index contributed by atoms with van der Waals surface area (Å²) in [4.78, 5) is 34.8. The summed E-state index contributed by atoms with van der Waals surface area (Å²) in [6.45, 7) is 2.59. The van der Waals surface area contributed by atoms with Gasteiger partial charge in [0.1, 0.15) is 11.8 Å². The van der Waals surface area contributed by atoms with Crippen molar-refractivity contribution in [2.24, 2.45) is 0 Å². The maximum absolute atomic E-state index is 11.8. The molecular weight excluding hydrogens is 330 g/mol. The van der Waals surface area contributed by atoms with E-state index in [1.807, 2.05) is 0 Å². The second kappa shape index (κ2) is 14.7. The van der Waals surface area contributed by atoms with Gasteiger partial charge in [0.25, 0.3) is 0 Å². The second-order valence-corrected chi connectivity index (χ2v) is 7.43. The van der Waals surface area contributed by atoms with Crippen LogP contribution < -0.4 is 5.32 Å². The number of ketones is 1. The van der Waals surface area contributed by atoms with E-state index in [9.17, 15) is 14.4 Å². The van der Waals surface area contributed by atoms with Crippen LogP contribution in [-0.2, 0) is 19.1 Å². The molecule has 1 atom stereocenters. The van der Waals surface area contributed by atoms with Gasteiger partial charge in [-0.25, -0.2) is 4.79 Å². The van der Waals surface area contributed by atoms with Crippen LogP contribution in [0.2, 0.25) is 0 Å². The van der Waals surface area contributed by atoms with Crippen molar-refractivity contribution >= 4 is 17.7 Å². The Morgan fingerprint density at radius 1 is 0.923 bits per heavy atom. The van der Waals surface area contributed by atoms with E-state index in [0.29, 0.717) is 19.4 Å². The van der Waals surface area contributed by atoms with Crippen molar-refractivity contribution < 1.29 is 19.1 Å². The lowest BCUT2D eigenvalue weighted by Crippen LogP contribution is -2.38. The fourth-order valence-electron chi connectivity index (χ4n) is 3.30. The lowest BCUT2D eigenvalue weighted by Gasteiger charge is -2.08. The summed E-state index contributed by atoms with van der Waals surface area (Å²) < 4.78 is 4.78. The Labute approximate surface area is 158 Å². The molecule has 1 fully saturated rings. The van der Waals surface area contributed by atoms with Crippen LogP contribution in [0, 0.1) is 0 Å². The predicted octanol–water partition coefficient (Wildman–Crippen LogP) is 4.47. The Morgan fingerprint density at radius 2 is 1.46 bits per heavy atom. The van der Waals surface area contributed by atoms with Gasteiger partial charge in [0.2, 0.25) is 5.91 Å². The first-order valence-electron chi connectivity index (χ1n) is 10.6. The molecular formula is C21H37NO4. The molecule has 0 radical (unpaired) electrons. The van der Waals surface area contributed by atoms with E-state index in [2.05, 4.69) is 12.2 Å². The molecule has 1 heterocycles. The smallest absolute Gasteiger partial charge is 0.328 e. The van der Waals surface area contributed by atoms with E-state index in [-0.39, 0.29) is 18.1 Å². The van der Waals surface area contributed by atoms with Crippen molar-refractivity contribution in [2.45, 2.75) is 109 Å². The zero-order valence-electron chi connectivity index (χ0n) is 16.5. The molecule has 0 bridgehead atoms. The average molecular weight is 368 g/mol. The Morgan fingerprint density at radius 3 is 1.96 bits per heavy atom. The predicted molar refractivity (Wildman–Crippen MR) is 103 cm³/mol. The molecule has 5 heteroatoms. The molecule has 1 amide bonds. The van der Waals surface area contributed by atoms with E-state index in [1.54, 1.807) is 0 Å². The molecule has 1 aliphatic heterocycles. The molecule has 5 nitrogen and oxygen atoms in total. The maximum Gasteiger partial charge on any atom is 0.328 e. The van der Waals surface area contributed by atoms with Gasteiger partial charge in [0.05, 0.1) is 13.0 Å². The van der Waals surface area contributed by atoms with Crippen molar-refractivity contribution in [1.29, 1.82) is 0 Å². The molecule has 0 aromatic carbocycles. The molecule has 0 aromatic heterocycles. The Balaban J connectivity index is 1.87. The normalized spacial score (nSPS) is 16.5. The van der Waals surface area contributed by atoms with Crippen LogP contribution in [0.25, 0.3) is 0 Å². The minimum absolute atomic E-state index is 0.0408. The number of carbonyl (C=O) groups excluding carboxylic acids is 3. The molecule has 0 unspecified atom stereocenters. The van der Waals surface area contributed by atoms with Crippen molar-refractivity contribution in [1.82, 2.24) is 5.32 Å². The third-order valence-corrected chi connectivity index (χ3v) is 4.94. The van der Waals surface area contributed by atoms with E-state index in [1.165, 1.54) is 64.2 Å². The van der Waals surface area contributed by atoms with Crippen molar-refractivity contribution in [3.05, 3.63) is 0 Å². The number of hydrogen-bond acceptors (Lipinski definition) is 4. The summed E-state index contributed by atoms with van der Waals surface area (Å²) in [6, 6.07) is -0.568. The molecule has 1 rings (SSSR count). The third-order valence-electron chi connectivity index (χ3n) is 4.94. The number of rotatable bonds is 16. The largest absolute Gasteiger partial charge is 0.464 e. The molecule has 0 aliphatic carbocycles. The highest BCUT2D eigenvalue weighted by Gasteiger charge is 2.28. The van der Waals surface area contributed by atoms with E-state index in [0.717, 1.165) is 12.8 Å². The zero-order chi connectivity index (χ0) is 19.0. The highest BCUT2D eigenvalue weighted by atomic mass is 16.5. The molecule has 0 spiro atoms. The van der Waals surface area contributed by atoms with Gasteiger partial charge in [-0.15, -0.1) is 0 Å². The van der Waals surface area contributed by atoms with Crippen LogP contribution in [0.5, 0.6) is 0 Å². The number of carbonyl (C=O) groups is 3. The molecule has 26 heavy (non-hydrogen) atoms. The summed E-state index contributed by atoms with van der Waals surface area (Å²) in [7, 11) is 0. The van der Waals surface area contributed by atoms with Crippen LogP contribution in [0.1, 0.15) is 103 Å². The first kappa shape index (κ1) is 22.7. The number of cyclic esters (lactones) is 1. The minimum Gasteiger partial charge on any atom is -0.464 e. The standard InChI is InChI=1S/C21H37NO4/c1-2-3-4-5-6-7-8-9-10-11-12-13-14-18(23)17-20(24)22-19-15-16-26-21(19)25/h19H,2-17H2,1H3,(H,22,24)/t19-/m0/s1. The Kier molecular flexibility index (Phi) is 12.8. The van der Waals surface area contributed by atoms with Crippen molar-refractivity contribution in [3.8, 4) is 0 Å². The van der Waals surface area contributed by atoms with Gasteiger partial charge in [-0.1, -0.05) is 77.6 Å². The maximum atomic E-state index is 11.8. The van der Waals surface area contributed by atoms with Crippen LogP contribution >= 0.6 is 0 Å². The topological polar surface area (TPSA) is 72.5 Å². The Hall–Kier alpha value is -1.39. The highest BCUT2D eigenvalue weighted by molar-refractivity contribution is 5.99. The monoisotopic (exact) mass is 367 g/mol. The van der Waals surface area contributed by atoms with Gasteiger partial charge in [0, 0.05) is 12.8 Å². The summed E-state index contributed by atoms with van der Waals surface area (Å²) in [5.41, 5.74) is 0. The number of amides is 1. The minimum atomic E-state index is -0.568. The number of esters is 1. The first-order chi connectivity index (χ1) is 12.6. The summed E-state index contributed by atoms with van der Waals surface area (Å²) in [5, 5.41) is 2.57. The van der Waals surface area contributed by atoms with E-state index in [4.69, 9.17) is 4.74 Å². The number of unbranched alkanes of at least 4 members (excludes halogenated alkanes) is 11. The van der Waals surface area contributed by atoms with E-state index < -0.39 is 12.0 Å². The van der Waals surface area contributed by atoms with E-state index >= 15 is 0 Å². The average Bonchev–Trinajstić information content (AvgIpc) is 3.00. The number of ether oxygens (including phenoxy) is 1. The lowest BCUT2D eigenvalue weighted by atomic mass is 10.0. The number of nitrogens with one attached hydrogen (secondary N) is 1.